The molecule has 1 aliphatic carbocycles. The quantitative estimate of drug-likeness (QED) is 0.739. The molecule has 14 heavy (non-hydrogen) atoms. The Morgan fingerprint density at radius 2 is 2.21 bits per heavy atom. The molecule has 76 valence electrons. The average molecular weight is 192 g/mol. The van der Waals surface area contributed by atoms with E-state index in [9.17, 15) is 5.11 Å². The van der Waals surface area contributed by atoms with Gasteiger partial charge in [-0.25, -0.2) is 0 Å². The second-order valence-electron chi connectivity index (χ2n) is 4.15. The maximum atomic E-state index is 10.2. The molecule has 0 amide bonds. The van der Waals surface area contributed by atoms with Gasteiger partial charge in [-0.2, -0.15) is 0 Å². The molecule has 2 nitrogen and oxygen atoms in total. The minimum Gasteiger partial charge on any atom is -0.497 e. The molecule has 1 aromatic rings. The molecule has 2 heteroatoms. The predicted octanol–water partition coefficient (Wildman–Crippen LogP) is 2.24. The van der Waals surface area contributed by atoms with Crippen LogP contribution < -0.4 is 4.74 Å². The van der Waals surface area contributed by atoms with Crippen LogP contribution in [-0.2, 0) is 12.0 Å². The maximum Gasteiger partial charge on any atom is 0.119 e. The van der Waals surface area contributed by atoms with Crippen LogP contribution in [0.25, 0.3) is 0 Å². The number of benzene rings is 1. The summed E-state index contributed by atoms with van der Waals surface area (Å²) in [5.74, 6) is 0.825. The van der Waals surface area contributed by atoms with Gasteiger partial charge in [-0.05, 0) is 49.4 Å². The largest absolute Gasteiger partial charge is 0.497 e. The Bertz CT molecular complexity index is 342. The highest BCUT2D eigenvalue weighted by Gasteiger charge is 2.29. The van der Waals surface area contributed by atoms with Gasteiger partial charge < -0.3 is 9.84 Å². The SMILES string of the molecule is COc1ccc2c(c1)[C@@](C)(O)CCC2. The third-order valence-electron chi connectivity index (χ3n) is 3.01. The van der Waals surface area contributed by atoms with Crippen LogP contribution in [0, 0.1) is 0 Å². The summed E-state index contributed by atoms with van der Waals surface area (Å²) in [5.41, 5.74) is 1.60. The fraction of sp³-hybridized carbons (Fsp3) is 0.500. The van der Waals surface area contributed by atoms with E-state index in [1.165, 1.54) is 5.56 Å². The second-order valence-corrected chi connectivity index (χ2v) is 4.15. The first-order valence-electron chi connectivity index (χ1n) is 5.03. The monoisotopic (exact) mass is 192 g/mol. The Labute approximate surface area is 84.5 Å². The van der Waals surface area contributed by atoms with Crippen molar-refractivity contribution < 1.29 is 9.84 Å². The van der Waals surface area contributed by atoms with E-state index in [0.29, 0.717) is 0 Å². The Morgan fingerprint density at radius 1 is 1.43 bits per heavy atom. The lowest BCUT2D eigenvalue weighted by Crippen LogP contribution is -2.26. The topological polar surface area (TPSA) is 29.5 Å². The molecule has 1 atom stereocenters. The van der Waals surface area contributed by atoms with Crippen LogP contribution in [0.3, 0.4) is 0 Å². The van der Waals surface area contributed by atoms with E-state index in [1.807, 2.05) is 19.1 Å². The molecule has 2 rings (SSSR count). The van der Waals surface area contributed by atoms with E-state index in [1.54, 1.807) is 7.11 Å². The number of fused-ring (bicyclic) bond motifs is 1. The lowest BCUT2D eigenvalue weighted by molar-refractivity contribution is 0.0385. The summed E-state index contributed by atoms with van der Waals surface area (Å²) in [5, 5.41) is 10.2. The van der Waals surface area contributed by atoms with Crippen molar-refractivity contribution >= 4 is 0 Å². The van der Waals surface area contributed by atoms with Crippen molar-refractivity contribution in [3.8, 4) is 5.75 Å². The lowest BCUT2D eigenvalue weighted by atomic mass is 9.80. The van der Waals surface area contributed by atoms with Crippen molar-refractivity contribution in [2.45, 2.75) is 31.8 Å². The third-order valence-corrected chi connectivity index (χ3v) is 3.01. The minimum atomic E-state index is -0.678. The van der Waals surface area contributed by atoms with Crippen LogP contribution >= 0.6 is 0 Å². The first kappa shape index (κ1) is 9.53. The van der Waals surface area contributed by atoms with E-state index in [-0.39, 0.29) is 0 Å². The number of hydrogen-bond donors (Lipinski definition) is 1. The standard InChI is InChI=1S/C12H16O2/c1-12(13)7-3-4-9-5-6-10(14-2)8-11(9)12/h5-6,8,13H,3-4,7H2,1-2H3/t12-/m0/s1. The van der Waals surface area contributed by atoms with Crippen LogP contribution in [0.15, 0.2) is 18.2 Å². The number of ether oxygens (including phenoxy) is 1. The molecule has 0 fully saturated rings. The van der Waals surface area contributed by atoms with Crippen LogP contribution in [0.1, 0.15) is 30.9 Å². The van der Waals surface area contributed by atoms with Gasteiger partial charge in [-0.1, -0.05) is 6.07 Å². The zero-order chi connectivity index (χ0) is 10.2. The van der Waals surface area contributed by atoms with Gasteiger partial charge >= 0.3 is 0 Å². The van der Waals surface area contributed by atoms with Crippen molar-refractivity contribution in [2.24, 2.45) is 0 Å². The van der Waals surface area contributed by atoms with Crippen molar-refractivity contribution in [3.05, 3.63) is 29.3 Å². The Morgan fingerprint density at radius 3 is 2.93 bits per heavy atom. The molecule has 0 unspecified atom stereocenters. The molecule has 0 aromatic heterocycles. The maximum absolute atomic E-state index is 10.2. The van der Waals surface area contributed by atoms with Gasteiger partial charge in [0.25, 0.3) is 0 Å². The van der Waals surface area contributed by atoms with E-state index < -0.39 is 5.60 Å². The summed E-state index contributed by atoms with van der Waals surface area (Å²) in [6, 6.07) is 5.97. The van der Waals surface area contributed by atoms with Gasteiger partial charge in [0.1, 0.15) is 5.75 Å². The Balaban J connectivity index is 2.49. The van der Waals surface area contributed by atoms with Gasteiger partial charge in [0.2, 0.25) is 0 Å². The number of methoxy groups -OCH3 is 1. The van der Waals surface area contributed by atoms with Crippen LogP contribution in [-0.4, -0.2) is 12.2 Å². The van der Waals surface area contributed by atoms with Crippen LogP contribution in [0.2, 0.25) is 0 Å². The van der Waals surface area contributed by atoms with Gasteiger partial charge in [0.05, 0.1) is 12.7 Å². The van der Waals surface area contributed by atoms with Gasteiger partial charge in [-0.15, -0.1) is 0 Å². The molecule has 1 aliphatic rings. The summed E-state index contributed by atoms with van der Waals surface area (Å²) >= 11 is 0. The molecule has 0 saturated heterocycles. The number of hydrogen-bond acceptors (Lipinski definition) is 2. The first-order chi connectivity index (χ1) is 6.63. The van der Waals surface area contributed by atoms with Crippen molar-refractivity contribution in [1.82, 2.24) is 0 Å². The average Bonchev–Trinajstić information content (AvgIpc) is 2.17. The van der Waals surface area contributed by atoms with Crippen molar-refractivity contribution in [3.63, 3.8) is 0 Å². The summed E-state index contributed by atoms with van der Waals surface area (Å²) in [6.45, 7) is 1.88. The molecule has 0 radical (unpaired) electrons. The van der Waals surface area contributed by atoms with Crippen molar-refractivity contribution in [1.29, 1.82) is 0 Å². The van der Waals surface area contributed by atoms with E-state index in [0.717, 1.165) is 30.6 Å². The molecule has 1 N–H and O–H groups in total. The highest BCUT2D eigenvalue weighted by Crippen LogP contribution is 2.36. The predicted molar refractivity (Wildman–Crippen MR) is 55.5 cm³/mol. The molecule has 0 saturated carbocycles. The summed E-state index contributed by atoms with van der Waals surface area (Å²) in [6.07, 6.45) is 2.97. The lowest BCUT2D eigenvalue weighted by Gasteiger charge is -2.31. The normalized spacial score (nSPS) is 25.6. The van der Waals surface area contributed by atoms with Gasteiger partial charge in [-0.3, -0.25) is 0 Å². The summed E-state index contributed by atoms with van der Waals surface area (Å²) in [7, 11) is 1.65. The number of aliphatic hydroxyl groups is 1. The van der Waals surface area contributed by atoms with Crippen LogP contribution in [0.5, 0.6) is 5.75 Å². The molecular weight excluding hydrogens is 176 g/mol. The number of aryl methyl sites for hydroxylation is 1. The molecule has 0 aliphatic heterocycles. The first-order valence-corrected chi connectivity index (χ1v) is 5.03. The molecule has 1 aromatic carbocycles. The highest BCUT2D eigenvalue weighted by atomic mass is 16.5. The van der Waals surface area contributed by atoms with Gasteiger partial charge in [0, 0.05) is 0 Å². The van der Waals surface area contributed by atoms with Crippen molar-refractivity contribution in [2.75, 3.05) is 7.11 Å². The summed E-state index contributed by atoms with van der Waals surface area (Å²) in [4.78, 5) is 0. The summed E-state index contributed by atoms with van der Waals surface area (Å²) < 4.78 is 5.16. The fourth-order valence-electron chi connectivity index (χ4n) is 2.16. The van der Waals surface area contributed by atoms with E-state index >= 15 is 0 Å². The second kappa shape index (κ2) is 3.28. The smallest absolute Gasteiger partial charge is 0.119 e. The molecule has 0 bridgehead atoms. The molecule has 0 heterocycles. The Kier molecular flexibility index (Phi) is 2.23. The molecular formula is C12H16O2. The van der Waals surface area contributed by atoms with Gasteiger partial charge in [0.15, 0.2) is 0 Å². The zero-order valence-corrected chi connectivity index (χ0v) is 8.71. The van der Waals surface area contributed by atoms with E-state index in [2.05, 4.69) is 6.07 Å². The minimum absolute atomic E-state index is 0.678. The number of rotatable bonds is 1. The zero-order valence-electron chi connectivity index (χ0n) is 8.71. The van der Waals surface area contributed by atoms with E-state index in [4.69, 9.17) is 4.74 Å². The molecule has 0 spiro atoms. The fourth-order valence-corrected chi connectivity index (χ4v) is 2.16. The third kappa shape index (κ3) is 1.50. The van der Waals surface area contributed by atoms with Crippen LogP contribution in [0.4, 0.5) is 0 Å². The Hall–Kier alpha value is -1.02. The highest BCUT2D eigenvalue weighted by molar-refractivity contribution is 5.40.